The van der Waals surface area contributed by atoms with Gasteiger partial charge in [0.05, 0.1) is 13.2 Å². The first-order valence-electron chi connectivity index (χ1n) is 12.1. The molecule has 0 aliphatic carbocycles. The van der Waals surface area contributed by atoms with Crippen molar-refractivity contribution in [3.8, 4) is 0 Å². The van der Waals surface area contributed by atoms with Crippen molar-refractivity contribution in [2.24, 2.45) is 10.9 Å². The zero-order valence-corrected chi connectivity index (χ0v) is 22.6. The summed E-state index contributed by atoms with van der Waals surface area (Å²) in [6.45, 7) is 12.7. The molecule has 0 aromatic heterocycles. The molecule has 8 nitrogen and oxygen atoms in total. The van der Waals surface area contributed by atoms with Gasteiger partial charge in [-0.1, -0.05) is 0 Å². The normalized spacial score (nSPS) is 27.8. The van der Waals surface area contributed by atoms with E-state index in [1.807, 2.05) is 25.7 Å². The van der Waals surface area contributed by atoms with Crippen molar-refractivity contribution >= 4 is 36.0 Å². The number of carbonyl (C=O) groups excluding carboxylic acids is 1. The Balaban J connectivity index is 0.00000363. The summed E-state index contributed by atoms with van der Waals surface area (Å²) in [4.78, 5) is 19.4. The van der Waals surface area contributed by atoms with Crippen LogP contribution in [-0.2, 0) is 14.2 Å². The number of ether oxygens (including phenoxy) is 3. The second kappa shape index (κ2) is 13.2. The zero-order chi connectivity index (χ0) is 22.3. The molecule has 32 heavy (non-hydrogen) atoms. The van der Waals surface area contributed by atoms with E-state index in [9.17, 15) is 4.79 Å². The molecule has 0 radical (unpaired) electrons. The number of amides is 1. The number of guanidine groups is 1. The maximum Gasteiger partial charge on any atom is 0.410 e. The molecule has 9 heteroatoms. The van der Waals surface area contributed by atoms with Gasteiger partial charge in [-0.2, -0.15) is 0 Å². The van der Waals surface area contributed by atoms with Crippen LogP contribution in [-0.4, -0.2) is 80.2 Å². The zero-order valence-electron chi connectivity index (χ0n) is 20.2. The van der Waals surface area contributed by atoms with E-state index in [4.69, 9.17) is 19.2 Å². The van der Waals surface area contributed by atoms with E-state index in [0.717, 1.165) is 84.0 Å². The van der Waals surface area contributed by atoms with E-state index in [2.05, 4.69) is 17.6 Å². The second-order valence-electron chi connectivity index (χ2n) is 10.0. The minimum absolute atomic E-state index is 0. The summed E-state index contributed by atoms with van der Waals surface area (Å²) < 4.78 is 16.8. The Kier molecular flexibility index (Phi) is 11.3. The Bertz CT molecular complexity index is 593. The average molecular weight is 567 g/mol. The second-order valence-corrected chi connectivity index (χ2v) is 10.0. The van der Waals surface area contributed by atoms with Crippen LogP contribution in [0.3, 0.4) is 0 Å². The Labute approximate surface area is 210 Å². The third-order valence-corrected chi connectivity index (χ3v) is 6.12. The van der Waals surface area contributed by atoms with Gasteiger partial charge in [0.2, 0.25) is 0 Å². The fourth-order valence-corrected chi connectivity index (χ4v) is 4.74. The molecule has 3 saturated heterocycles. The summed E-state index contributed by atoms with van der Waals surface area (Å²) in [7, 11) is 0. The number of hydrogen-bond donors (Lipinski definition) is 2. The average Bonchev–Trinajstić information content (AvgIpc) is 3.29. The summed E-state index contributed by atoms with van der Waals surface area (Å²) in [5.74, 6) is 1.42. The SMILES string of the molecule is CCNC(=NCCCOCC1CCOC1)NC1CC2CCC(C1)N2C(=O)OC(C)(C)C.I. The molecule has 0 spiro atoms. The molecular weight excluding hydrogens is 523 g/mol. The highest BCUT2D eigenvalue weighted by atomic mass is 127. The highest BCUT2D eigenvalue weighted by Crippen LogP contribution is 2.36. The van der Waals surface area contributed by atoms with Crippen molar-refractivity contribution in [1.82, 2.24) is 15.5 Å². The maximum absolute atomic E-state index is 12.6. The fraction of sp³-hybridized carbons (Fsp3) is 0.913. The molecule has 0 aromatic rings. The van der Waals surface area contributed by atoms with Crippen LogP contribution in [0.5, 0.6) is 0 Å². The topological polar surface area (TPSA) is 84.4 Å². The number of halogens is 1. The quantitative estimate of drug-likeness (QED) is 0.203. The van der Waals surface area contributed by atoms with Crippen LogP contribution in [0.25, 0.3) is 0 Å². The minimum atomic E-state index is -0.453. The monoisotopic (exact) mass is 566 g/mol. The Morgan fingerprint density at radius 3 is 2.50 bits per heavy atom. The van der Waals surface area contributed by atoms with Crippen molar-refractivity contribution < 1.29 is 19.0 Å². The van der Waals surface area contributed by atoms with Crippen LogP contribution in [0.2, 0.25) is 0 Å². The molecule has 3 aliphatic heterocycles. The van der Waals surface area contributed by atoms with Gasteiger partial charge >= 0.3 is 6.09 Å². The molecule has 3 atom stereocenters. The fourth-order valence-electron chi connectivity index (χ4n) is 4.74. The summed E-state index contributed by atoms with van der Waals surface area (Å²) in [6.07, 6.45) is 5.84. The number of piperidine rings is 1. The Hall–Kier alpha value is -0.810. The number of nitrogens with one attached hydrogen (secondary N) is 2. The Morgan fingerprint density at radius 1 is 1.19 bits per heavy atom. The summed E-state index contributed by atoms with van der Waals surface area (Å²) in [6, 6.07) is 0.830. The van der Waals surface area contributed by atoms with Crippen LogP contribution in [0, 0.1) is 5.92 Å². The molecule has 3 unspecified atom stereocenters. The smallest absolute Gasteiger partial charge is 0.410 e. The molecule has 186 valence electrons. The van der Waals surface area contributed by atoms with Gasteiger partial charge in [-0.05, 0) is 66.2 Å². The first kappa shape index (κ1) is 27.4. The highest BCUT2D eigenvalue weighted by Gasteiger charge is 2.45. The molecule has 0 saturated carbocycles. The molecular formula is C23H43IN4O4. The largest absolute Gasteiger partial charge is 0.444 e. The van der Waals surface area contributed by atoms with Gasteiger partial charge in [-0.15, -0.1) is 24.0 Å². The predicted octanol–water partition coefficient (Wildman–Crippen LogP) is 3.53. The summed E-state index contributed by atoms with van der Waals surface area (Å²) in [5.41, 5.74) is -0.453. The van der Waals surface area contributed by atoms with Crippen molar-refractivity contribution in [1.29, 1.82) is 0 Å². The van der Waals surface area contributed by atoms with Gasteiger partial charge in [-0.3, -0.25) is 4.99 Å². The summed E-state index contributed by atoms with van der Waals surface area (Å²) >= 11 is 0. The van der Waals surface area contributed by atoms with Gasteiger partial charge in [0.1, 0.15) is 5.60 Å². The minimum Gasteiger partial charge on any atom is -0.444 e. The van der Waals surface area contributed by atoms with E-state index in [-0.39, 0.29) is 42.2 Å². The van der Waals surface area contributed by atoms with Gasteiger partial charge in [0, 0.05) is 50.3 Å². The lowest BCUT2D eigenvalue weighted by Gasteiger charge is -2.40. The molecule has 3 heterocycles. The maximum atomic E-state index is 12.6. The number of rotatable bonds is 8. The first-order chi connectivity index (χ1) is 14.9. The Morgan fingerprint density at radius 2 is 1.91 bits per heavy atom. The van der Waals surface area contributed by atoms with Gasteiger partial charge in [0.25, 0.3) is 0 Å². The molecule has 1 amide bonds. The predicted molar refractivity (Wildman–Crippen MR) is 137 cm³/mol. The number of hydrogen-bond acceptors (Lipinski definition) is 5. The number of nitrogens with zero attached hydrogens (tertiary/aromatic N) is 2. The highest BCUT2D eigenvalue weighted by molar-refractivity contribution is 14.0. The van der Waals surface area contributed by atoms with Gasteiger partial charge < -0.3 is 29.7 Å². The molecule has 0 aromatic carbocycles. The van der Waals surface area contributed by atoms with E-state index >= 15 is 0 Å². The lowest BCUT2D eigenvalue weighted by atomic mass is 9.98. The van der Waals surface area contributed by atoms with Crippen LogP contribution < -0.4 is 10.6 Å². The van der Waals surface area contributed by atoms with Crippen LogP contribution >= 0.6 is 24.0 Å². The van der Waals surface area contributed by atoms with Crippen molar-refractivity contribution in [2.45, 2.75) is 89.9 Å². The molecule has 2 bridgehead atoms. The first-order valence-corrected chi connectivity index (χ1v) is 12.1. The van der Waals surface area contributed by atoms with E-state index < -0.39 is 5.60 Å². The molecule has 3 aliphatic rings. The third kappa shape index (κ3) is 8.52. The van der Waals surface area contributed by atoms with Crippen molar-refractivity contribution in [3.63, 3.8) is 0 Å². The number of aliphatic imine (C=N–C) groups is 1. The van der Waals surface area contributed by atoms with Crippen molar-refractivity contribution in [3.05, 3.63) is 0 Å². The van der Waals surface area contributed by atoms with E-state index in [1.54, 1.807) is 0 Å². The van der Waals surface area contributed by atoms with Crippen LogP contribution in [0.15, 0.2) is 4.99 Å². The van der Waals surface area contributed by atoms with Gasteiger partial charge in [0.15, 0.2) is 5.96 Å². The van der Waals surface area contributed by atoms with E-state index in [1.165, 1.54) is 0 Å². The third-order valence-electron chi connectivity index (χ3n) is 6.12. The molecule has 3 fully saturated rings. The van der Waals surface area contributed by atoms with Gasteiger partial charge in [-0.25, -0.2) is 4.79 Å². The standard InChI is InChI=1S/C23H42N4O4.HI/c1-5-24-21(25-10-6-11-29-15-17-9-12-30-16-17)26-18-13-19-7-8-20(14-18)27(19)22(28)31-23(2,3)4;/h17-20H,5-16H2,1-4H3,(H2,24,25,26);1H. The number of fused-ring (bicyclic) bond motifs is 2. The van der Waals surface area contributed by atoms with Crippen molar-refractivity contribution in [2.75, 3.05) is 39.5 Å². The molecule has 3 rings (SSSR count). The lowest BCUT2D eigenvalue weighted by molar-refractivity contribution is 0.00545. The van der Waals surface area contributed by atoms with Crippen LogP contribution in [0.4, 0.5) is 4.79 Å². The number of carbonyl (C=O) groups is 1. The lowest BCUT2D eigenvalue weighted by Crippen LogP contribution is -2.55. The van der Waals surface area contributed by atoms with E-state index in [0.29, 0.717) is 12.0 Å². The van der Waals surface area contributed by atoms with Crippen LogP contribution in [0.1, 0.15) is 66.2 Å². The summed E-state index contributed by atoms with van der Waals surface area (Å²) in [5, 5.41) is 6.96. The molecule has 2 N–H and O–H groups in total.